The van der Waals surface area contributed by atoms with Gasteiger partial charge in [0, 0.05) is 24.6 Å². The number of likely N-dealkylation sites (N-methyl/N-ethyl adjacent to an activating group) is 1. The van der Waals surface area contributed by atoms with E-state index in [1.165, 1.54) is 0 Å². The minimum Gasteiger partial charge on any atom is -0.454 e. The Hall–Kier alpha value is -2.61. The van der Waals surface area contributed by atoms with Crippen molar-refractivity contribution in [3.63, 3.8) is 0 Å². The number of carbonyl (C=O) groups is 1. The standard InChI is InChI=1S/C20H26N4O4/c1-20(2,3)9-17(25)21-13-8-14(24(4)10-13)19-22-18(23-28-19)12-5-6-15-16(7-12)27-11-26-15/h5-7,13-14H,8-11H2,1-4H3,(H,21,25). The topological polar surface area (TPSA) is 89.7 Å². The van der Waals surface area contributed by atoms with Gasteiger partial charge in [0.2, 0.25) is 24.4 Å². The highest BCUT2D eigenvalue weighted by Crippen LogP contribution is 2.36. The zero-order valence-corrected chi connectivity index (χ0v) is 16.7. The summed E-state index contributed by atoms with van der Waals surface area (Å²) in [6, 6.07) is 5.64. The molecule has 1 saturated heterocycles. The van der Waals surface area contributed by atoms with Crippen LogP contribution in [0.1, 0.15) is 45.5 Å². The van der Waals surface area contributed by atoms with Crippen LogP contribution in [0.4, 0.5) is 0 Å². The number of rotatable bonds is 4. The number of aromatic nitrogens is 2. The zero-order valence-electron chi connectivity index (χ0n) is 16.7. The van der Waals surface area contributed by atoms with Crippen molar-refractivity contribution in [2.45, 2.75) is 45.7 Å². The van der Waals surface area contributed by atoms with Crippen LogP contribution in [0.2, 0.25) is 0 Å². The third-order valence-electron chi connectivity index (χ3n) is 4.96. The molecule has 0 spiro atoms. The lowest BCUT2D eigenvalue weighted by molar-refractivity contribution is -0.123. The van der Waals surface area contributed by atoms with Crippen molar-refractivity contribution in [2.24, 2.45) is 5.41 Å². The van der Waals surface area contributed by atoms with Crippen molar-refractivity contribution in [1.82, 2.24) is 20.4 Å². The van der Waals surface area contributed by atoms with Crippen LogP contribution in [0.15, 0.2) is 22.7 Å². The molecule has 1 aromatic heterocycles. The fourth-order valence-corrected chi connectivity index (χ4v) is 3.68. The number of nitrogens with zero attached hydrogens (tertiary/aromatic N) is 3. The zero-order chi connectivity index (χ0) is 19.9. The second kappa shape index (κ2) is 7.09. The largest absolute Gasteiger partial charge is 0.454 e. The van der Waals surface area contributed by atoms with E-state index in [1.807, 2.05) is 25.2 Å². The first kappa shape index (κ1) is 18.7. The van der Waals surface area contributed by atoms with Crippen LogP contribution in [-0.4, -0.2) is 47.4 Å². The number of carbonyl (C=O) groups excluding carboxylic acids is 1. The molecule has 1 N–H and O–H groups in total. The van der Waals surface area contributed by atoms with Crippen LogP contribution < -0.4 is 14.8 Å². The summed E-state index contributed by atoms with van der Waals surface area (Å²) in [6.45, 7) is 7.17. The molecule has 8 heteroatoms. The number of fused-ring (bicyclic) bond motifs is 1. The Labute approximate surface area is 164 Å². The predicted molar refractivity (Wildman–Crippen MR) is 102 cm³/mol. The first-order valence-corrected chi connectivity index (χ1v) is 9.52. The first-order valence-electron chi connectivity index (χ1n) is 9.52. The molecule has 2 aliphatic heterocycles. The Morgan fingerprint density at radius 2 is 2.07 bits per heavy atom. The molecule has 1 aromatic carbocycles. The number of amides is 1. The van der Waals surface area contributed by atoms with Gasteiger partial charge in [0.25, 0.3) is 0 Å². The summed E-state index contributed by atoms with van der Waals surface area (Å²) in [4.78, 5) is 19.0. The minimum atomic E-state index is -0.0278. The Balaban J connectivity index is 1.43. The predicted octanol–water partition coefficient (Wildman–Crippen LogP) is 2.76. The lowest BCUT2D eigenvalue weighted by atomic mass is 9.92. The Morgan fingerprint density at radius 1 is 1.29 bits per heavy atom. The number of hydrogen-bond donors (Lipinski definition) is 1. The van der Waals surface area contributed by atoms with E-state index >= 15 is 0 Å². The van der Waals surface area contributed by atoms with Gasteiger partial charge >= 0.3 is 0 Å². The second-order valence-corrected chi connectivity index (χ2v) is 8.72. The average molecular weight is 386 g/mol. The van der Waals surface area contributed by atoms with Gasteiger partial charge in [-0.15, -0.1) is 0 Å². The molecule has 0 saturated carbocycles. The molecule has 8 nitrogen and oxygen atoms in total. The van der Waals surface area contributed by atoms with Gasteiger partial charge < -0.3 is 19.3 Å². The molecule has 1 fully saturated rings. The van der Waals surface area contributed by atoms with Gasteiger partial charge in [-0.05, 0) is 37.1 Å². The number of likely N-dealkylation sites (tertiary alicyclic amines) is 1. The van der Waals surface area contributed by atoms with Gasteiger partial charge in [0.1, 0.15) is 0 Å². The summed E-state index contributed by atoms with van der Waals surface area (Å²) in [5.74, 6) is 2.56. The molecule has 1 amide bonds. The number of nitrogens with one attached hydrogen (secondary N) is 1. The quantitative estimate of drug-likeness (QED) is 0.864. The minimum absolute atomic E-state index is 0.0183. The van der Waals surface area contributed by atoms with E-state index in [2.05, 4.69) is 41.1 Å². The van der Waals surface area contributed by atoms with Crippen molar-refractivity contribution in [1.29, 1.82) is 0 Å². The van der Waals surface area contributed by atoms with E-state index < -0.39 is 0 Å². The lowest BCUT2D eigenvalue weighted by Crippen LogP contribution is -2.38. The van der Waals surface area contributed by atoms with Crippen molar-refractivity contribution in [3.8, 4) is 22.9 Å². The van der Waals surface area contributed by atoms with Crippen LogP contribution in [0.3, 0.4) is 0 Å². The average Bonchev–Trinajstić information content (AvgIpc) is 3.31. The van der Waals surface area contributed by atoms with Gasteiger partial charge in [-0.2, -0.15) is 4.98 Å². The fraction of sp³-hybridized carbons (Fsp3) is 0.550. The molecule has 0 radical (unpaired) electrons. The third kappa shape index (κ3) is 3.96. The number of hydrogen-bond acceptors (Lipinski definition) is 7. The summed E-state index contributed by atoms with van der Waals surface area (Å²) in [6.07, 6.45) is 1.25. The van der Waals surface area contributed by atoms with E-state index in [4.69, 9.17) is 14.0 Å². The van der Waals surface area contributed by atoms with Crippen molar-refractivity contribution >= 4 is 5.91 Å². The first-order chi connectivity index (χ1) is 13.3. The maximum absolute atomic E-state index is 12.2. The van der Waals surface area contributed by atoms with Gasteiger partial charge in [-0.1, -0.05) is 25.9 Å². The molecule has 0 aliphatic carbocycles. The Kier molecular flexibility index (Phi) is 4.74. The van der Waals surface area contributed by atoms with Gasteiger partial charge in [0.15, 0.2) is 11.5 Å². The maximum Gasteiger partial charge on any atom is 0.244 e. The van der Waals surface area contributed by atoms with Crippen LogP contribution in [0.25, 0.3) is 11.4 Å². The van der Waals surface area contributed by atoms with Crippen molar-refractivity contribution in [2.75, 3.05) is 20.4 Å². The normalized spacial score (nSPS) is 21.9. The molecule has 2 aliphatic rings. The molecule has 150 valence electrons. The smallest absolute Gasteiger partial charge is 0.244 e. The van der Waals surface area contributed by atoms with Gasteiger partial charge in [-0.3, -0.25) is 9.69 Å². The van der Waals surface area contributed by atoms with E-state index in [-0.39, 0.29) is 30.2 Å². The summed E-state index contributed by atoms with van der Waals surface area (Å²) >= 11 is 0. The van der Waals surface area contributed by atoms with Crippen molar-refractivity contribution in [3.05, 3.63) is 24.1 Å². The molecule has 28 heavy (non-hydrogen) atoms. The lowest BCUT2D eigenvalue weighted by Gasteiger charge is -2.19. The van der Waals surface area contributed by atoms with Crippen LogP contribution >= 0.6 is 0 Å². The third-order valence-corrected chi connectivity index (χ3v) is 4.96. The summed E-state index contributed by atoms with van der Waals surface area (Å²) in [7, 11) is 2.00. The highest BCUT2D eigenvalue weighted by atomic mass is 16.7. The van der Waals surface area contributed by atoms with E-state index in [0.29, 0.717) is 23.9 Å². The molecule has 2 atom stereocenters. The number of ether oxygens (including phenoxy) is 2. The summed E-state index contributed by atoms with van der Waals surface area (Å²) in [5.41, 5.74) is 0.787. The van der Waals surface area contributed by atoms with E-state index in [9.17, 15) is 4.79 Å². The summed E-state index contributed by atoms with van der Waals surface area (Å²) in [5, 5.41) is 7.26. The second-order valence-electron chi connectivity index (χ2n) is 8.72. The van der Waals surface area contributed by atoms with Crippen LogP contribution in [0.5, 0.6) is 11.5 Å². The van der Waals surface area contributed by atoms with E-state index in [0.717, 1.165) is 24.3 Å². The molecule has 0 bridgehead atoms. The molecule has 2 unspecified atom stereocenters. The monoisotopic (exact) mass is 386 g/mol. The highest BCUT2D eigenvalue weighted by Gasteiger charge is 2.35. The SMILES string of the molecule is CN1CC(NC(=O)CC(C)(C)C)CC1c1nc(-c2ccc3c(c2)OCO3)no1. The van der Waals surface area contributed by atoms with Gasteiger partial charge in [-0.25, -0.2) is 0 Å². The van der Waals surface area contributed by atoms with E-state index in [1.54, 1.807) is 0 Å². The van der Waals surface area contributed by atoms with Gasteiger partial charge in [0.05, 0.1) is 6.04 Å². The molecular weight excluding hydrogens is 360 g/mol. The molecule has 3 heterocycles. The Bertz CT molecular complexity index is 873. The van der Waals surface area contributed by atoms with Crippen molar-refractivity contribution < 1.29 is 18.8 Å². The summed E-state index contributed by atoms with van der Waals surface area (Å²) < 4.78 is 16.3. The van der Waals surface area contributed by atoms with Crippen LogP contribution in [0, 0.1) is 5.41 Å². The fourth-order valence-electron chi connectivity index (χ4n) is 3.68. The highest BCUT2D eigenvalue weighted by molar-refractivity contribution is 5.77. The maximum atomic E-state index is 12.2. The molecular formula is C20H26N4O4. The molecule has 4 rings (SSSR count). The Morgan fingerprint density at radius 3 is 2.86 bits per heavy atom. The number of benzene rings is 1. The molecule has 2 aromatic rings. The van der Waals surface area contributed by atoms with Crippen LogP contribution in [-0.2, 0) is 4.79 Å².